The summed E-state index contributed by atoms with van der Waals surface area (Å²) in [5, 5.41) is 7.21. The molecule has 0 aliphatic carbocycles. The fourth-order valence-electron chi connectivity index (χ4n) is 2.14. The highest BCUT2D eigenvalue weighted by Crippen LogP contribution is 2.19. The summed E-state index contributed by atoms with van der Waals surface area (Å²) in [6.07, 6.45) is 4.92. The largest absolute Gasteiger partial charge is 0.314 e. The van der Waals surface area contributed by atoms with E-state index in [0.717, 1.165) is 0 Å². The van der Waals surface area contributed by atoms with Crippen LogP contribution in [-0.4, -0.2) is 53.7 Å². The standard InChI is InChI=1S/C12H16N6O2S/c19-21(20,17-9-6-13-7-10-17)16-11-3-1-4-14-12(11)18-8-2-5-15-18/h1-5,8,13,16H,6-7,9-10H2. The van der Waals surface area contributed by atoms with E-state index in [-0.39, 0.29) is 0 Å². The van der Waals surface area contributed by atoms with E-state index < -0.39 is 10.2 Å². The van der Waals surface area contributed by atoms with Crippen molar-refractivity contribution in [2.24, 2.45) is 0 Å². The SMILES string of the molecule is O=S(=O)(Nc1cccnc1-n1cccn1)N1CCNCC1. The molecule has 3 rings (SSSR count). The van der Waals surface area contributed by atoms with E-state index in [1.165, 1.54) is 8.99 Å². The predicted octanol–water partition coefficient (Wildman–Crippen LogP) is -0.171. The summed E-state index contributed by atoms with van der Waals surface area (Å²) in [5.41, 5.74) is 0.403. The number of aromatic nitrogens is 3. The molecule has 2 N–H and O–H groups in total. The quantitative estimate of drug-likeness (QED) is 0.818. The highest BCUT2D eigenvalue weighted by atomic mass is 32.2. The highest BCUT2D eigenvalue weighted by molar-refractivity contribution is 7.90. The van der Waals surface area contributed by atoms with E-state index in [9.17, 15) is 8.42 Å². The molecule has 0 bridgehead atoms. The van der Waals surface area contributed by atoms with Crippen molar-refractivity contribution in [3.05, 3.63) is 36.8 Å². The van der Waals surface area contributed by atoms with Gasteiger partial charge in [0.05, 0.1) is 5.69 Å². The zero-order valence-electron chi connectivity index (χ0n) is 11.3. The van der Waals surface area contributed by atoms with Gasteiger partial charge < -0.3 is 5.32 Å². The molecule has 1 aliphatic heterocycles. The van der Waals surface area contributed by atoms with Crippen molar-refractivity contribution in [3.63, 3.8) is 0 Å². The maximum absolute atomic E-state index is 12.4. The summed E-state index contributed by atoms with van der Waals surface area (Å²) in [6.45, 7) is 2.21. The molecule has 21 heavy (non-hydrogen) atoms. The number of nitrogens with one attached hydrogen (secondary N) is 2. The number of rotatable bonds is 4. The van der Waals surface area contributed by atoms with Gasteiger partial charge >= 0.3 is 10.2 Å². The fourth-order valence-corrected chi connectivity index (χ4v) is 3.37. The monoisotopic (exact) mass is 308 g/mol. The molecule has 0 aromatic carbocycles. The third-order valence-corrected chi connectivity index (χ3v) is 4.69. The normalized spacial score (nSPS) is 16.8. The average Bonchev–Trinajstić information content (AvgIpc) is 3.02. The lowest BCUT2D eigenvalue weighted by Crippen LogP contribution is -2.48. The van der Waals surface area contributed by atoms with Crippen molar-refractivity contribution in [1.29, 1.82) is 0 Å². The maximum atomic E-state index is 12.4. The summed E-state index contributed by atoms with van der Waals surface area (Å²) in [5.74, 6) is 0.446. The third-order valence-electron chi connectivity index (χ3n) is 3.16. The van der Waals surface area contributed by atoms with Crippen molar-refractivity contribution in [2.75, 3.05) is 30.9 Å². The maximum Gasteiger partial charge on any atom is 0.301 e. The molecule has 9 heteroatoms. The van der Waals surface area contributed by atoms with Crippen LogP contribution in [0.15, 0.2) is 36.8 Å². The molecule has 1 aliphatic rings. The van der Waals surface area contributed by atoms with Crippen LogP contribution in [0.5, 0.6) is 0 Å². The van der Waals surface area contributed by atoms with Crippen molar-refractivity contribution < 1.29 is 8.42 Å². The van der Waals surface area contributed by atoms with E-state index in [0.29, 0.717) is 37.7 Å². The van der Waals surface area contributed by atoms with Crippen LogP contribution in [0.3, 0.4) is 0 Å². The molecule has 1 saturated heterocycles. The Morgan fingerprint density at radius 2 is 2.00 bits per heavy atom. The topological polar surface area (TPSA) is 92.1 Å². The highest BCUT2D eigenvalue weighted by Gasteiger charge is 2.24. The Kier molecular flexibility index (Phi) is 3.86. The van der Waals surface area contributed by atoms with Crippen molar-refractivity contribution in [3.8, 4) is 5.82 Å². The second-order valence-electron chi connectivity index (χ2n) is 4.58. The summed E-state index contributed by atoms with van der Waals surface area (Å²) in [7, 11) is -3.59. The van der Waals surface area contributed by atoms with E-state index in [1.54, 1.807) is 36.8 Å². The average molecular weight is 308 g/mol. The summed E-state index contributed by atoms with van der Waals surface area (Å²) >= 11 is 0. The van der Waals surface area contributed by atoms with Gasteiger partial charge in [-0.1, -0.05) is 0 Å². The number of hydrogen-bond donors (Lipinski definition) is 2. The Bertz CT molecular complexity index is 694. The molecule has 2 aromatic heterocycles. The van der Waals surface area contributed by atoms with Gasteiger partial charge in [0.2, 0.25) is 0 Å². The van der Waals surface area contributed by atoms with Gasteiger partial charge in [-0.15, -0.1) is 0 Å². The summed E-state index contributed by atoms with van der Waals surface area (Å²) < 4.78 is 30.3. The van der Waals surface area contributed by atoms with Gasteiger partial charge in [0.25, 0.3) is 0 Å². The zero-order chi connectivity index (χ0) is 14.7. The van der Waals surface area contributed by atoms with E-state index in [4.69, 9.17) is 0 Å². The molecule has 0 atom stereocenters. The molecule has 0 spiro atoms. The van der Waals surface area contributed by atoms with Crippen LogP contribution in [0.2, 0.25) is 0 Å². The first kappa shape index (κ1) is 14.0. The van der Waals surface area contributed by atoms with Crippen molar-refractivity contribution in [1.82, 2.24) is 24.4 Å². The van der Waals surface area contributed by atoms with Crippen LogP contribution in [0.1, 0.15) is 0 Å². The molecular formula is C12H16N6O2S. The summed E-state index contributed by atoms with van der Waals surface area (Å²) in [6, 6.07) is 5.11. The number of nitrogens with zero attached hydrogens (tertiary/aromatic N) is 4. The molecule has 0 unspecified atom stereocenters. The Labute approximate surface area is 123 Å². The Balaban J connectivity index is 1.88. The lowest BCUT2D eigenvalue weighted by atomic mass is 10.4. The number of anilines is 1. The number of hydrogen-bond acceptors (Lipinski definition) is 5. The van der Waals surface area contributed by atoms with Crippen LogP contribution in [-0.2, 0) is 10.2 Å². The Morgan fingerprint density at radius 3 is 2.71 bits per heavy atom. The first-order valence-electron chi connectivity index (χ1n) is 6.60. The van der Waals surface area contributed by atoms with Gasteiger partial charge in [-0.2, -0.15) is 17.8 Å². The van der Waals surface area contributed by atoms with E-state index >= 15 is 0 Å². The fraction of sp³-hybridized carbons (Fsp3) is 0.333. The van der Waals surface area contributed by atoms with Crippen molar-refractivity contribution >= 4 is 15.9 Å². The molecule has 0 radical (unpaired) electrons. The molecule has 0 amide bonds. The lowest BCUT2D eigenvalue weighted by molar-refractivity contribution is 0.362. The Morgan fingerprint density at radius 1 is 1.19 bits per heavy atom. The predicted molar refractivity (Wildman–Crippen MR) is 78.3 cm³/mol. The van der Waals surface area contributed by atoms with Gasteiger partial charge in [-0.05, 0) is 18.2 Å². The van der Waals surface area contributed by atoms with E-state index in [1.807, 2.05) is 0 Å². The van der Waals surface area contributed by atoms with Crippen LogP contribution >= 0.6 is 0 Å². The second kappa shape index (κ2) is 5.80. The van der Waals surface area contributed by atoms with Crippen LogP contribution in [0.25, 0.3) is 5.82 Å². The van der Waals surface area contributed by atoms with Gasteiger partial charge in [-0.3, -0.25) is 4.72 Å². The minimum absolute atomic E-state index is 0.403. The van der Waals surface area contributed by atoms with Crippen LogP contribution in [0.4, 0.5) is 5.69 Å². The molecule has 2 aromatic rings. The third kappa shape index (κ3) is 3.04. The van der Waals surface area contributed by atoms with Gasteiger partial charge in [0.1, 0.15) is 0 Å². The van der Waals surface area contributed by atoms with Crippen LogP contribution < -0.4 is 10.0 Å². The molecule has 8 nitrogen and oxygen atoms in total. The number of pyridine rings is 1. The minimum atomic E-state index is -3.59. The van der Waals surface area contributed by atoms with Gasteiger partial charge in [0.15, 0.2) is 5.82 Å². The lowest BCUT2D eigenvalue weighted by Gasteiger charge is -2.27. The van der Waals surface area contributed by atoms with Crippen molar-refractivity contribution in [2.45, 2.75) is 0 Å². The zero-order valence-corrected chi connectivity index (χ0v) is 12.1. The molecule has 3 heterocycles. The minimum Gasteiger partial charge on any atom is -0.314 e. The first-order valence-corrected chi connectivity index (χ1v) is 8.04. The number of piperazine rings is 1. The van der Waals surface area contributed by atoms with Gasteiger partial charge in [-0.25, -0.2) is 9.67 Å². The Hall–Kier alpha value is -1.97. The van der Waals surface area contributed by atoms with Crippen LogP contribution in [0, 0.1) is 0 Å². The second-order valence-corrected chi connectivity index (χ2v) is 6.25. The molecule has 1 fully saturated rings. The molecule has 0 saturated carbocycles. The molecular weight excluding hydrogens is 292 g/mol. The van der Waals surface area contributed by atoms with E-state index in [2.05, 4.69) is 20.1 Å². The van der Waals surface area contributed by atoms with Gasteiger partial charge in [0, 0.05) is 44.8 Å². The molecule has 112 valence electrons. The summed E-state index contributed by atoms with van der Waals surface area (Å²) in [4.78, 5) is 4.19. The smallest absolute Gasteiger partial charge is 0.301 e. The first-order chi connectivity index (χ1) is 10.2.